The molecular weight excluding hydrogens is 590 g/mol. The predicted molar refractivity (Wildman–Crippen MR) is 162 cm³/mol. The van der Waals surface area contributed by atoms with Gasteiger partial charge in [0.2, 0.25) is 12.5 Å². The van der Waals surface area contributed by atoms with Gasteiger partial charge >= 0.3 is 0 Å². The van der Waals surface area contributed by atoms with Crippen molar-refractivity contribution in [2.75, 3.05) is 11.4 Å². The molecule has 0 aliphatic carbocycles. The van der Waals surface area contributed by atoms with Gasteiger partial charge < -0.3 is 9.47 Å². The molecule has 0 radical (unpaired) electrons. The Morgan fingerprint density at radius 1 is 0.950 bits per heavy atom. The number of hydrogen-bond acceptors (Lipinski definition) is 3. The number of anilines is 1. The largest absolute Gasteiger partial charge is 0.350 e. The number of amides is 1. The maximum absolute atomic E-state index is 15.2. The molecule has 6 nitrogen and oxygen atoms in total. The molecule has 1 amide bonds. The van der Waals surface area contributed by atoms with Crippen LogP contribution in [0.3, 0.4) is 0 Å². The fourth-order valence-electron chi connectivity index (χ4n) is 6.24. The average Bonchev–Trinajstić information content (AvgIpc) is 3.40. The molecule has 0 unspecified atom stereocenters. The van der Waals surface area contributed by atoms with Gasteiger partial charge in [-0.25, -0.2) is 0 Å². The van der Waals surface area contributed by atoms with Gasteiger partial charge in [0.05, 0.1) is 12.5 Å². The number of aryl methyl sites for hydroxylation is 1. The Hall–Kier alpha value is -3.94. The topological polar surface area (TPSA) is 68.4 Å². The molecule has 0 saturated carbocycles. The van der Waals surface area contributed by atoms with Crippen molar-refractivity contribution in [1.29, 1.82) is 0 Å². The van der Waals surface area contributed by atoms with Crippen molar-refractivity contribution in [1.82, 2.24) is 4.57 Å². The summed E-state index contributed by atoms with van der Waals surface area (Å²) in [6.07, 6.45) is 1.95. The third-order valence-corrected chi connectivity index (χ3v) is 8.74. The Kier molecular flexibility index (Phi) is 6.72. The third kappa shape index (κ3) is 4.12. The first-order valence-electron chi connectivity index (χ1n) is 12.9. The van der Waals surface area contributed by atoms with Crippen molar-refractivity contribution >= 4 is 50.0 Å². The lowest BCUT2D eigenvalue weighted by atomic mass is 9.64. The van der Waals surface area contributed by atoms with Gasteiger partial charge in [0.25, 0.3) is 0 Å². The van der Waals surface area contributed by atoms with E-state index in [1.165, 1.54) is 0 Å². The van der Waals surface area contributed by atoms with Crippen molar-refractivity contribution in [2.24, 2.45) is 7.05 Å². The van der Waals surface area contributed by atoms with Crippen LogP contribution < -0.4 is 4.90 Å². The summed E-state index contributed by atoms with van der Waals surface area (Å²) in [4.78, 5) is 29.0. The van der Waals surface area contributed by atoms with E-state index in [4.69, 9.17) is 11.6 Å². The molecule has 0 fully saturated rings. The first kappa shape index (κ1) is 26.3. The van der Waals surface area contributed by atoms with E-state index in [9.17, 15) is 10.1 Å². The molecule has 200 valence electrons. The number of para-hydroxylation sites is 1. The highest BCUT2D eigenvalue weighted by atomic mass is 79.9. The highest BCUT2D eigenvalue weighted by molar-refractivity contribution is 9.10. The van der Waals surface area contributed by atoms with Crippen LogP contribution in [0.25, 0.3) is 10.9 Å². The second kappa shape index (κ2) is 10.2. The summed E-state index contributed by atoms with van der Waals surface area (Å²) in [7, 11) is 1.93. The zero-order chi connectivity index (χ0) is 28.0. The van der Waals surface area contributed by atoms with Crippen LogP contribution in [0, 0.1) is 10.1 Å². The zero-order valence-electron chi connectivity index (χ0n) is 21.6. The van der Waals surface area contributed by atoms with E-state index in [-0.39, 0.29) is 10.8 Å². The molecular formula is C32H25BrClN3O3. The first-order chi connectivity index (χ1) is 19.3. The number of fused-ring (bicyclic) bond motifs is 2. The average molecular weight is 615 g/mol. The minimum atomic E-state index is -1.41. The molecule has 1 aromatic heterocycles. The number of carbonyl (C=O) groups excluding carboxylic acids is 1. The Morgan fingerprint density at radius 2 is 1.65 bits per heavy atom. The van der Waals surface area contributed by atoms with Gasteiger partial charge in [-0.3, -0.25) is 14.9 Å². The Morgan fingerprint density at radius 3 is 2.40 bits per heavy atom. The molecule has 0 spiro atoms. The van der Waals surface area contributed by atoms with Crippen molar-refractivity contribution in [3.05, 3.63) is 145 Å². The molecule has 5 aromatic rings. The van der Waals surface area contributed by atoms with Gasteiger partial charge in [-0.1, -0.05) is 100 Å². The molecule has 1 aliphatic heterocycles. The number of hydrogen-bond donors (Lipinski definition) is 0. The SMILES string of the molecule is Cn1cc([C@@]2([C@H](C[N+](=O)[O-])c3ccccc3Cl)C(=O)N(Cc3ccccc3)c3cc(Br)ccc32)c2ccccc21. The Balaban J connectivity index is 1.73. The molecule has 2 heterocycles. The molecule has 0 N–H and O–H groups in total. The molecule has 40 heavy (non-hydrogen) atoms. The molecule has 2 atom stereocenters. The summed E-state index contributed by atoms with van der Waals surface area (Å²) in [6, 6.07) is 30.5. The highest BCUT2D eigenvalue weighted by Gasteiger charge is 2.60. The van der Waals surface area contributed by atoms with Crippen molar-refractivity contribution in [2.45, 2.75) is 17.9 Å². The summed E-state index contributed by atoms with van der Waals surface area (Å²) in [6.45, 7) is -0.156. The van der Waals surface area contributed by atoms with Crippen molar-refractivity contribution in [3.63, 3.8) is 0 Å². The van der Waals surface area contributed by atoms with E-state index in [0.29, 0.717) is 17.1 Å². The Bertz CT molecular complexity index is 1770. The number of nitro groups is 1. The zero-order valence-corrected chi connectivity index (χ0v) is 24.0. The first-order valence-corrected chi connectivity index (χ1v) is 14.1. The molecule has 6 rings (SSSR count). The van der Waals surface area contributed by atoms with Gasteiger partial charge in [0, 0.05) is 44.3 Å². The van der Waals surface area contributed by atoms with Crippen molar-refractivity contribution in [3.8, 4) is 0 Å². The van der Waals surface area contributed by atoms with E-state index in [2.05, 4.69) is 15.9 Å². The lowest BCUT2D eigenvalue weighted by Crippen LogP contribution is -2.47. The smallest absolute Gasteiger partial charge is 0.243 e. The molecule has 0 bridgehead atoms. The highest BCUT2D eigenvalue weighted by Crippen LogP contribution is 2.57. The second-order valence-corrected chi connectivity index (χ2v) is 11.4. The standard InChI is InChI=1S/C32H25BrClN3O3/c1-35-19-26(24-12-6-8-14-29(24)35)32(27(20-37(39)40)23-11-5-7-13-28(23)34)25-16-15-22(33)17-30(25)36(31(32)38)18-21-9-3-2-4-10-21/h2-17,19,27H,18,20H2,1H3/t27-,32+/m1/s1. The summed E-state index contributed by atoms with van der Waals surface area (Å²) in [5, 5.41) is 13.6. The van der Waals surface area contributed by atoms with Crippen LogP contribution in [0.15, 0.2) is 108 Å². The third-order valence-electron chi connectivity index (χ3n) is 7.90. The van der Waals surface area contributed by atoms with Gasteiger partial charge in [0.1, 0.15) is 5.41 Å². The van der Waals surface area contributed by atoms with Crippen molar-refractivity contribution < 1.29 is 9.72 Å². The van der Waals surface area contributed by atoms with E-state index in [1.807, 2.05) is 96.7 Å². The van der Waals surface area contributed by atoms with Crippen LogP contribution in [-0.2, 0) is 23.8 Å². The number of benzene rings is 4. The van der Waals surface area contributed by atoms with E-state index in [1.54, 1.807) is 23.1 Å². The van der Waals surface area contributed by atoms with E-state index >= 15 is 4.79 Å². The van der Waals surface area contributed by atoms with E-state index < -0.39 is 17.9 Å². The van der Waals surface area contributed by atoms with Crippen LogP contribution in [0.2, 0.25) is 5.02 Å². The number of aromatic nitrogens is 1. The lowest BCUT2D eigenvalue weighted by Gasteiger charge is -2.35. The van der Waals surface area contributed by atoms with Crippen LogP contribution in [0.4, 0.5) is 5.69 Å². The van der Waals surface area contributed by atoms with Gasteiger partial charge in [-0.05, 0) is 46.5 Å². The van der Waals surface area contributed by atoms with Gasteiger partial charge in [-0.15, -0.1) is 0 Å². The molecule has 8 heteroatoms. The summed E-state index contributed by atoms with van der Waals surface area (Å²) in [5.74, 6) is -1.09. The fraction of sp³-hybridized carbons (Fsp3) is 0.156. The Labute approximate surface area is 245 Å². The molecule has 4 aromatic carbocycles. The van der Waals surface area contributed by atoms with Crippen LogP contribution in [-0.4, -0.2) is 21.9 Å². The second-order valence-electron chi connectivity index (χ2n) is 10.1. The van der Waals surface area contributed by atoms with Crippen LogP contribution in [0.1, 0.15) is 28.2 Å². The maximum Gasteiger partial charge on any atom is 0.243 e. The van der Waals surface area contributed by atoms with Crippen LogP contribution >= 0.6 is 27.5 Å². The maximum atomic E-state index is 15.2. The molecule has 0 saturated heterocycles. The number of carbonyl (C=O) groups is 1. The number of nitrogens with zero attached hydrogens (tertiary/aromatic N) is 3. The number of halogens is 2. The van der Waals surface area contributed by atoms with E-state index in [0.717, 1.165) is 37.8 Å². The normalized spacial score (nSPS) is 17.3. The summed E-state index contributed by atoms with van der Waals surface area (Å²) < 4.78 is 2.79. The van der Waals surface area contributed by atoms with Gasteiger partial charge in [-0.2, -0.15) is 0 Å². The summed E-state index contributed by atoms with van der Waals surface area (Å²) >= 11 is 10.4. The predicted octanol–water partition coefficient (Wildman–Crippen LogP) is 7.49. The summed E-state index contributed by atoms with van der Waals surface area (Å²) in [5.41, 5.74) is 3.21. The monoisotopic (exact) mass is 613 g/mol. The minimum absolute atomic E-state index is 0.215. The van der Waals surface area contributed by atoms with Crippen LogP contribution in [0.5, 0.6) is 0 Å². The fourth-order valence-corrected chi connectivity index (χ4v) is 6.85. The molecule has 1 aliphatic rings. The number of rotatable bonds is 7. The van der Waals surface area contributed by atoms with Gasteiger partial charge in [0.15, 0.2) is 0 Å². The lowest BCUT2D eigenvalue weighted by molar-refractivity contribution is -0.484. The minimum Gasteiger partial charge on any atom is -0.350 e. The quantitative estimate of drug-likeness (QED) is 0.141.